The lowest BCUT2D eigenvalue weighted by atomic mass is 10.1. The average molecular weight is 225 g/mol. The predicted octanol–water partition coefficient (Wildman–Crippen LogP) is 3.02. The first kappa shape index (κ1) is 10.1. The first-order chi connectivity index (χ1) is 7.09. The van der Waals surface area contributed by atoms with Gasteiger partial charge in [-0.15, -0.1) is 0 Å². The monoisotopic (exact) mass is 224 g/mol. The van der Waals surface area contributed by atoms with Crippen molar-refractivity contribution >= 4 is 28.5 Å². The van der Waals surface area contributed by atoms with Gasteiger partial charge in [0.25, 0.3) is 0 Å². The second-order valence-electron chi connectivity index (χ2n) is 3.38. The molecule has 0 amide bonds. The Kier molecular flexibility index (Phi) is 2.40. The number of carboxylic acids is 1. The average Bonchev–Trinajstić information content (AvgIpc) is 2.55. The maximum atomic E-state index is 10.6. The minimum Gasteiger partial charge on any atom is -0.481 e. The Balaban J connectivity index is 2.61. The normalized spacial score (nSPS) is 10.8. The number of furan rings is 1. The zero-order valence-corrected chi connectivity index (χ0v) is 8.84. The van der Waals surface area contributed by atoms with Crippen LogP contribution in [-0.2, 0) is 11.2 Å². The van der Waals surface area contributed by atoms with Crippen molar-refractivity contribution in [2.75, 3.05) is 0 Å². The molecule has 15 heavy (non-hydrogen) atoms. The van der Waals surface area contributed by atoms with E-state index in [0.717, 1.165) is 10.9 Å². The molecule has 1 N–H and O–H groups in total. The van der Waals surface area contributed by atoms with Gasteiger partial charge in [-0.1, -0.05) is 11.6 Å². The lowest BCUT2D eigenvalue weighted by Gasteiger charge is -1.98. The minimum atomic E-state index is -0.870. The van der Waals surface area contributed by atoms with Gasteiger partial charge in [0.2, 0.25) is 0 Å². The fourth-order valence-corrected chi connectivity index (χ4v) is 1.71. The molecule has 0 saturated heterocycles. The third kappa shape index (κ3) is 1.70. The third-order valence-corrected chi connectivity index (χ3v) is 2.76. The number of hydrogen-bond acceptors (Lipinski definition) is 2. The highest BCUT2D eigenvalue weighted by Crippen LogP contribution is 2.29. The van der Waals surface area contributed by atoms with E-state index >= 15 is 0 Å². The highest BCUT2D eigenvalue weighted by Gasteiger charge is 2.12. The van der Waals surface area contributed by atoms with Gasteiger partial charge in [-0.25, -0.2) is 0 Å². The molecular weight excluding hydrogens is 216 g/mol. The zero-order valence-electron chi connectivity index (χ0n) is 8.08. The fourth-order valence-electron chi connectivity index (χ4n) is 1.57. The Hall–Kier alpha value is -1.48. The lowest BCUT2D eigenvalue weighted by molar-refractivity contribution is -0.136. The maximum absolute atomic E-state index is 10.6. The zero-order chi connectivity index (χ0) is 11.0. The molecule has 0 aliphatic rings. The van der Waals surface area contributed by atoms with E-state index in [-0.39, 0.29) is 6.42 Å². The lowest BCUT2D eigenvalue weighted by Crippen LogP contribution is -1.98. The van der Waals surface area contributed by atoms with Crippen LogP contribution < -0.4 is 0 Å². The summed E-state index contributed by atoms with van der Waals surface area (Å²) in [7, 11) is 0. The Morgan fingerprint density at radius 1 is 1.53 bits per heavy atom. The van der Waals surface area contributed by atoms with Crippen LogP contribution in [-0.4, -0.2) is 11.1 Å². The molecule has 0 radical (unpaired) electrons. The largest absolute Gasteiger partial charge is 0.481 e. The van der Waals surface area contributed by atoms with Gasteiger partial charge in [0.1, 0.15) is 5.58 Å². The highest BCUT2D eigenvalue weighted by molar-refractivity contribution is 6.32. The number of aliphatic carboxylic acids is 1. The molecule has 1 aromatic heterocycles. The van der Waals surface area contributed by atoms with E-state index in [4.69, 9.17) is 21.1 Å². The molecule has 3 nitrogen and oxygen atoms in total. The minimum absolute atomic E-state index is 0.0337. The molecule has 78 valence electrons. The van der Waals surface area contributed by atoms with Crippen LogP contribution in [0.15, 0.2) is 22.8 Å². The summed E-state index contributed by atoms with van der Waals surface area (Å²) in [5.74, 6) is -0.870. The molecule has 0 unspecified atom stereocenters. The predicted molar refractivity (Wildman–Crippen MR) is 57.3 cm³/mol. The molecule has 0 aliphatic carbocycles. The molecule has 0 spiro atoms. The number of carbonyl (C=O) groups is 1. The summed E-state index contributed by atoms with van der Waals surface area (Å²) < 4.78 is 5.31. The molecule has 1 aromatic carbocycles. The summed E-state index contributed by atoms with van der Waals surface area (Å²) in [5, 5.41) is 10.1. The molecule has 0 fully saturated rings. The molecule has 0 bridgehead atoms. The van der Waals surface area contributed by atoms with Crippen LogP contribution in [0.25, 0.3) is 11.0 Å². The first-order valence-electron chi connectivity index (χ1n) is 4.46. The molecule has 0 saturated carbocycles. The summed E-state index contributed by atoms with van der Waals surface area (Å²) in [6, 6.07) is 3.53. The number of hydrogen-bond donors (Lipinski definition) is 1. The van der Waals surface area contributed by atoms with Crippen LogP contribution in [0, 0.1) is 6.92 Å². The van der Waals surface area contributed by atoms with E-state index in [2.05, 4.69) is 0 Å². The van der Waals surface area contributed by atoms with Crippen molar-refractivity contribution in [3.63, 3.8) is 0 Å². The van der Waals surface area contributed by atoms with Crippen LogP contribution in [0.1, 0.15) is 11.1 Å². The summed E-state index contributed by atoms with van der Waals surface area (Å²) >= 11 is 5.93. The van der Waals surface area contributed by atoms with Gasteiger partial charge in [-0.05, 0) is 19.1 Å². The molecular formula is C11H9ClO3. The summed E-state index contributed by atoms with van der Waals surface area (Å²) in [5.41, 5.74) is 2.18. The number of benzene rings is 1. The van der Waals surface area contributed by atoms with E-state index in [1.807, 2.05) is 6.92 Å². The second kappa shape index (κ2) is 3.59. The number of carboxylic acid groups (broad SMARTS) is 1. The molecule has 4 heteroatoms. The molecule has 2 rings (SSSR count). The first-order valence-corrected chi connectivity index (χ1v) is 4.84. The van der Waals surface area contributed by atoms with Crippen molar-refractivity contribution in [3.8, 4) is 0 Å². The maximum Gasteiger partial charge on any atom is 0.307 e. The van der Waals surface area contributed by atoms with Crippen LogP contribution in [0.3, 0.4) is 0 Å². The standard InChI is InChI=1S/C11H9ClO3/c1-6-9(12)3-2-8-7(4-10(13)14)5-15-11(6)8/h2-3,5H,4H2,1H3,(H,13,14). The van der Waals surface area contributed by atoms with Crippen molar-refractivity contribution in [3.05, 3.63) is 34.5 Å². The topological polar surface area (TPSA) is 50.4 Å². The van der Waals surface area contributed by atoms with Gasteiger partial charge in [0, 0.05) is 21.5 Å². The van der Waals surface area contributed by atoms with Gasteiger partial charge in [0.05, 0.1) is 12.7 Å². The van der Waals surface area contributed by atoms with Crippen LogP contribution >= 0.6 is 11.6 Å². The Bertz CT molecular complexity index is 528. The van der Waals surface area contributed by atoms with Gasteiger partial charge in [-0.3, -0.25) is 4.79 Å². The molecule has 1 heterocycles. The smallest absolute Gasteiger partial charge is 0.307 e. The summed E-state index contributed by atoms with van der Waals surface area (Å²) in [6.45, 7) is 1.85. The van der Waals surface area contributed by atoms with E-state index in [1.165, 1.54) is 6.26 Å². The van der Waals surface area contributed by atoms with Gasteiger partial charge < -0.3 is 9.52 Å². The quantitative estimate of drug-likeness (QED) is 0.853. The van der Waals surface area contributed by atoms with Crippen LogP contribution in [0.5, 0.6) is 0 Å². The van der Waals surface area contributed by atoms with Crippen molar-refractivity contribution < 1.29 is 14.3 Å². The molecule has 0 atom stereocenters. The summed E-state index contributed by atoms with van der Waals surface area (Å²) in [4.78, 5) is 10.6. The number of aryl methyl sites for hydroxylation is 1. The molecule has 0 aliphatic heterocycles. The molecule has 2 aromatic rings. The third-order valence-electron chi connectivity index (χ3n) is 2.35. The van der Waals surface area contributed by atoms with E-state index in [0.29, 0.717) is 16.2 Å². The van der Waals surface area contributed by atoms with Crippen LogP contribution in [0.2, 0.25) is 5.02 Å². The number of rotatable bonds is 2. The second-order valence-corrected chi connectivity index (χ2v) is 3.79. The van der Waals surface area contributed by atoms with Crippen molar-refractivity contribution in [2.24, 2.45) is 0 Å². The van der Waals surface area contributed by atoms with E-state index in [1.54, 1.807) is 12.1 Å². The SMILES string of the molecule is Cc1c(Cl)ccc2c(CC(=O)O)coc12. The van der Waals surface area contributed by atoms with Gasteiger partial charge in [0.15, 0.2) is 0 Å². The van der Waals surface area contributed by atoms with Crippen LogP contribution in [0.4, 0.5) is 0 Å². The van der Waals surface area contributed by atoms with Crippen molar-refractivity contribution in [2.45, 2.75) is 13.3 Å². The Morgan fingerprint density at radius 2 is 2.27 bits per heavy atom. The summed E-state index contributed by atoms with van der Waals surface area (Å²) in [6.07, 6.45) is 1.44. The highest BCUT2D eigenvalue weighted by atomic mass is 35.5. The van der Waals surface area contributed by atoms with Gasteiger partial charge in [-0.2, -0.15) is 0 Å². The fraction of sp³-hybridized carbons (Fsp3) is 0.182. The van der Waals surface area contributed by atoms with Crippen molar-refractivity contribution in [1.82, 2.24) is 0 Å². The Morgan fingerprint density at radius 3 is 2.93 bits per heavy atom. The number of fused-ring (bicyclic) bond motifs is 1. The van der Waals surface area contributed by atoms with E-state index < -0.39 is 5.97 Å². The Labute approximate surface area is 91.3 Å². The number of halogens is 1. The van der Waals surface area contributed by atoms with E-state index in [9.17, 15) is 4.79 Å². The van der Waals surface area contributed by atoms with Gasteiger partial charge >= 0.3 is 5.97 Å². The van der Waals surface area contributed by atoms with Crippen molar-refractivity contribution in [1.29, 1.82) is 0 Å².